The molecule has 0 bridgehead atoms. The fourth-order valence-corrected chi connectivity index (χ4v) is 3.13. The number of anilines is 2. The number of aliphatic hydroxyl groups is 1. The van der Waals surface area contributed by atoms with Gasteiger partial charge in [-0.15, -0.1) is 25.4 Å². The largest absolute Gasteiger partial charge is 2.00 e. The monoisotopic (exact) mass is 666 g/mol. The van der Waals surface area contributed by atoms with Crippen molar-refractivity contribution < 1.29 is 58.4 Å². The van der Waals surface area contributed by atoms with Crippen molar-refractivity contribution in [2.24, 2.45) is 0 Å². The molecule has 4 N–H and O–H groups in total. The molecule has 0 spiro atoms. The standard InChI is InChI=1S/C20H19F3N4O5.C2H6.W/c21-20(22,23)32-15-4-2-1-3-14(15)27-7-8-31-17(19(27)30)16(28)18(29)26-12-5-6-13(25)11(9-12)10-24;1-2;/h1-6,9,16-17,24-25,28H,7-8,10H2,(H,26,29);1-2H3;/q-2;;+2. The number of nitrogens with zero attached hydrogens (tertiary/aromatic N) is 1. The number of morpholine rings is 1. The number of hydrogen-bond donors (Lipinski definition) is 2. The van der Waals surface area contributed by atoms with Crippen LogP contribution < -0.4 is 15.0 Å². The van der Waals surface area contributed by atoms with Crippen molar-refractivity contribution in [3.8, 4) is 5.75 Å². The van der Waals surface area contributed by atoms with E-state index in [0.29, 0.717) is 5.56 Å². The summed E-state index contributed by atoms with van der Waals surface area (Å²) in [5.74, 6) is -2.50. The minimum absolute atomic E-state index is 0. The van der Waals surface area contributed by atoms with Crippen LogP contribution in [0.5, 0.6) is 5.75 Å². The van der Waals surface area contributed by atoms with Crippen molar-refractivity contribution in [3.63, 3.8) is 0 Å². The average molecular weight is 666 g/mol. The van der Waals surface area contributed by atoms with Crippen molar-refractivity contribution in [3.05, 3.63) is 59.5 Å². The zero-order chi connectivity index (χ0) is 25.5. The first-order valence-electron chi connectivity index (χ1n) is 10.4. The van der Waals surface area contributed by atoms with Crippen LogP contribution >= 0.6 is 0 Å². The number of carbonyl (C=O) groups is 2. The number of amides is 2. The van der Waals surface area contributed by atoms with Gasteiger partial charge >= 0.3 is 27.4 Å². The number of alkyl halides is 3. The van der Waals surface area contributed by atoms with Crippen molar-refractivity contribution in [2.45, 2.75) is 39.0 Å². The molecular weight excluding hydrogens is 641 g/mol. The van der Waals surface area contributed by atoms with Crippen molar-refractivity contribution in [1.82, 2.24) is 0 Å². The summed E-state index contributed by atoms with van der Waals surface area (Å²) >= 11 is 0. The van der Waals surface area contributed by atoms with Crippen LogP contribution in [0.3, 0.4) is 0 Å². The van der Waals surface area contributed by atoms with E-state index >= 15 is 0 Å². The molecule has 190 valence electrons. The van der Waals surface area contributed by atoms with Gasteiger partial charge in [0.25, 0.3) is 11.8 Å². The Balaban J connectivity index is 0.00000199. The molecule has 35 heavy (non-hydrogen) atoms. The van der Waals surface area contributed by atoms with Gasteiger partial charge in [0.15, 0.2) is 18.0 Å². The van der Waals surface area contributed by atoms with Crippen LogP contribution in [-0.4, -0.2) is 48.6 Å². The molecule has 1 fully saturated rings. The first kappa shape index (κ1) is 30.4. The number of nitrogens with one attached hydrogen (secondary N) is 3. The van der Waals surface area contributed by atoms with E-state index in [2.05, 4.69) is 10.1 Å². The number of aliphatic hydroxyl groups excluding tert-OH is 1. The van der Waals surface area contributed by atoms with E-state index in [0.717, 1.165) is 11.0 Å². The fourth-order valence-electron chi connectivity index (χ4n) is 3.13. The first-order valence-corrected chi connectivity index (χ1v) is 10.4. The third-order valence-corrected chi connectivity index (χ3v) is 4.62. The number of carbonyl (C=O) groups excluding carboxylic acids is 2. The Morgan fingerprint density at radius 2 is 1.94 bits per heavy atom. The van der Waals surface area contributed by atoms with Crippen molar-refractivity contribution in [2.75, 3.05) is 23.4 Å². The summed E-state index contributed by atoms with van der Waals surface area (Å²) in [7, 11) is 0. The van der Waals surface area contributed by atoms with Gasteiger partial charge < -0.3 is 36.3 Å². The molecule has 2 aromatic rings. The third-order valence-electron chi connectivity index (χ3n) is 4.62. The second-order valence-corrected chi connectivity index (χ2v) is 6.78. The number of hydrogen-bond acceptors (Lipinski definition) is 5. The topological polar surface area (TPSA) is 136 Å². The van der Waals surface area contributed by atoms with E-state index in [1.54, 1.807) is 0 Å². The number of rotatable bonds is 6. The normalized spacial score (nSPS) is 16.4. The first-order chi connectivity index (χ1) is 16.1. The Bertz CT molecular complexity index is 1010. The van der Waals surface area contributed by atoms with Crippen molar-refractivity contribution in [1.29, 1.82) is 0 Å². The molecule has 2 atom stereocenters. The van der Waals surface area contributed by atoms with E-state index in [4.69, 9.17) is 16.2 Å². The van der Waals surface area contributed by atoms with Crippen LogP contribution in [0.1, 0.15) is 19.4 Å². The quantitative estimate of drug-likeness (QED) is 0.466. The molecule has 9 nitrogen and oxygen atoms in total. The number of ether oxygens (including phenoxy) is 2. The molecule has 2 aromatic carbocycles. The Hall–Kier alpha value is -2.66. The van der Waals surface area contributed by atoms with Crippen molar-refractivity contribution >= 4 is 28.9 Å². The Morgan fingerprint density at radius 3 is 2.57 bits per heavy atom. The van der Waals surface area contributed by atoms with Gasteiger partial charge in [0, 0.05) is 12.2 Å². The van der Waals surface area contributed by atoms with Gasteiger partial charge in [0.1, 0.15) is 0 Å². The smallest absolute Gasteiger partial charge is 0.699 e. The predicted octanol–water partition coefficient (Wildman–Crippen LogP) is 4.58. The summed E-state index contributed by atoms with van der Waals surface area (Å²) in [6, 6.07) is 9.17. The fraction of sp³-hybridized carbons (Fsp3) is 0.364. The predicted molar refractivity (Wildman–Crippen MR) is 120 cm³/mol. The summed E-state index contributed by atoms with van der Waals surface area (Å²) in [5.41, 5.74) is 15.5. The van der Waals surface area contributed by atoms with Gasteiger partial charge in [-0.05, 0) is 24.3 Å². The maximum absolute atomic E-state index is 12.9. The van der Waals surface area contributed by atoms with Crippen LogP contribution in [0.15, 0.2) is 42.5 Å². The summed E-state index contributed by atoms with van der Waals surface area (Å²) in [5, 5.41) is 12.8. The molecular formula is C22H25F3N4O5W. The Morgan fingerprint density at radius 1 is 1.29 bits per heavy atom. The molecule has 0 saturated carbocycles. The number of halogens is 3. The molecule has 1 saturated heterocycles. The molecule has 2 amide bonds. The molecule has 1 heterocycles. The molecule has 13 heteroatoms. The van der Waals surface area contributed by atoms with E-state index < -0.39 is 36.1 Å². The zero-order valence-electron chi connectivity index (χ0n) is 18.9. The van der Waals surface area contributed by atoms with Crippen LogP contribution in [0.2, 0.25) is 0 Å². The van der Waals surface area contributed by atoms with Gasteiger partial charge in [-0.2, -0.15) is 0 Å². The van der Waals surface area contributed by atoms with E-state index in [9.17, 15) is 27.9 Å². The van der Waals surface area contributed by atoms with E-state index in [1.165, 1.54) is 36.4 Å². The molecule has 0 radical (unpaired) electrons. The SMILES string of the molecule is CC.[NH-]Cc1cc(NC(=O)C(O)C2OCCN(c3ccccc3OC(F)(F)F)C2=O)ccc1[NH-].[W+2]. The Labute approximate surface area is 214 Å². The Kier molecular flexibility index (Phi) is 11.7. The molecule has 0 aliphatic carbocycles. The average Bonchev–Trinajstić information content (AvgIpc) is 2.81. The minimum atomic E-state index is -4.98. The third kappa shape index (κ3) is 7.93. The summed E-state index contributed by atoms with van der Waals surface area (Å²) in [6.07, 6.45) is -8.60. The summed E-state index contributed by atoms with van der Waals surface area (Å²) in [4.78, 5) is 26.3. The second-order valence-electron chi connectivity index (χ2n) is 6.78. The van der Waals surface area contributed by atoms with E-state index in [-0.39, 0.29) is 57.8 Å². The maximum Gasteiger partial charge on any atom is 2.00 e. The number of para-hydroxylation sites is 2. The zero-order valence-corrected chi connectivity index (χ0v) is 21.8. The van der Waals surface area contributed by atoms with Gasteiger partial charge in [0.2, 0.25) is 0 Å². The summed E-state index contributed by atoms with van der Waals surface area (Å²) < 4.78 is 47.4. The van der Waals surface area contributed by atoms with Gasteiger partial charge in [-0.1, -0.05) is 37.6 Å². The van der Waals surface area contributed by atoms with Crippen LogP contribution in [0.25, 0.3) is 11.5 Å². The molecule has 0 aromatic heterocycles. The van der Waals surface area contributed by atoms with Gasteiger partial charge in [-0.25, -0.2) is 0 Å². The van der Waals surface area contributed by atoms with Crippen LogP contribution in [0.4, 0.5) is 30.2 Å². The molecule has 1 aliphatic rings. The van der Waals surface area contributed by atoms with Crippen LogP contribution in [-0.2, 0) is 41.9 Å². The molecule has 1 aliphatic heterocycles. The van der Waals surface area contributed by atoms with E-state index in [1.807, 2.05) is 13.8 Å². The maximum atomic E-state index is 12.9. The van der Waals surface area contributed by atoms with Gasteiger partial charge in [-0.3, -0.25) is 9.59 Å². The second kappa shape index (κ2) is 13.4. The number of benzene rings is 2. The summed E-state index contributed by atoms with van der Waals surface area (Å²) in [6.45, 7) is 3.56. The van der Waals surface area contributed by atoms with Gasteiger partial charge in [0.05, 0.1) is 12.3 Å². The van der Waals surface area contributed by atoms with Crippen LogP contribution in [0, 0.1) is 0 Å². The molecule has 2 unspecified atom stereocenters. The molecule has 3 rings (SSSR count). The minimum Gasteiger partial charge on any atom is -0.699 e.